The van der Waals surface area contributed by atoms with Gasteiger partial charge in [0.05, 0.1) is 6.04 Å². The van der Waals surface area contributed by atoms with Crippen LogP contribution in [0.3, 0.4) is 0 Å². The molecular formula is C14H29ClN4O3S. The molecule has 2 rings (SSSR count). The van der Waals surface area contributed by atoms with E-state index < -0.39 is 16.3 Å². The Morgan fingerprint density at radius 2 is 1.65 bits per heavy atom. The highest BCUT2D eigenvalue weighted by atomic mass is 35.5. The molecule has 0 aromatic rings. The van der Waals surface area contributed by atoms with E-state index in [1.54, 1.807) is 18.9 Å². The van der Waals surface area contributed by atoms with Crippen molar-refractivity contribution in [1.29, 1.82) is 0 Å². The predicted molar refractivity (Wildman–Crippen MR) is 92.6 cm³/mol. The van der Waals surface area contributed by atoms with Gasteiger partial charge in [0.25, 0.3) is 10.2 Å². The van der Waals surface area contributed by atoms with Crippen LogP contribution in [0.25, 0.3) is 0 Å². The molecule has 1 aliphatic heterocycles. The minimum atomic E-state index is -3.43. The topological polar surface area (TPSA) is 87.0 Å². The second-order valence-electron chi connectivity index (χ2n) is 6.33. The van der Waals surface area contributed by atoms with Crippen LogP contribution in [0.4, 0.5) is 0 Å². The van der Waals surface area contributed by atoms with E-state index >= 15 is 0 Å². The fourth-order valence-electron chi connectivity index (χ4n) is 3.24. The van der Waals surface area contributed by atoms with E-state index in [1.807, 2.05) is 0 Å². The van der Waals surface area contributed by atoms with Crippen LogP contribution < -0.4 is 5.73 Å². The first-order valence-corrected chi connectivity index (χ1v) is 9.51. The van der Waals surface area contributed by atoms with Crippen LogP contribution in [-0.4, -0.2) is 73.1 Å². The second kappa shape index (κ2) is 8.62. The number of piperazine rings is 1. The number of amides is 1. The molecule has 1 atom stereocenters. The van der Waals surface area contributed by atoms with Gasteiger partial charge in [-0.1, -0.05) is 19.3 Å². The standard InChI is InChI=1S/C14H28N4O3S.ClH/c1-12(15)14(19)17-8-10-18(11-9-17)22(20,21)16(2)13-6-4-3-5-7-13;/h12-13H,3-11,15H2,1-2H3;1H/t12-;/m1./s1. The molecule has 1 amide bonds. The molecule has 1 saturated carbocycles. The van der Waals surface area contributed by atoms with Crippen molar-refractivity contribution in [1.82, 2.24) is 13.5 Å². The highest BCUT2D eigenvalue weighted by molar-refractivity contribution is 7.86. The number of nitrogens with zero attached hydrogens (tertiary/aromatic N) is 3. The molecule has 1 aliphatic carbocycles. The van der Waals surface area contributed by atoms with E-state index in [4.69, 9.17) is 5.73 Å². The Morgan fingerprint density at radius 3 is 2.13 bits per heavy atom. The maximum absolute atomic E-state index is 12.7. The predicted octanol–water partition coefficient (Wildman–Crippen LogP) is 0.409. The molecule has 2 N–H and O–H groups in total. The van der Waals surface area contributed by atoms with Gasteiger partial charge in [-0.3, -0.25) is 4.79 Å². The molecule has 0 unspecified atom stereocenters. The van der Waals surface area contributed by atoms with Gasteiger partial charge in [-0.25, -0.2) is 0 Å². The van der Waals surface area contributed by atoms with E-state index in [-0.39, 0.29) is 24.4 Å². The molecule has 0 spiro atoms. The van der Waals surface area contributed by atoms with Gasteiger partial charge in [0.1, 0.15) is 0 Å². The number of hydrogen-bond donors (Lipinski definition) is 1. The molecule has 0 bridgehead atoms. The summed E-state index contributed by atoms with van der Waals surface area (Å²) in [5.74, 6) is -0.113. The Kier molecular flexibility index (Phi) is 7.73. The van der Waals surface area contributed by atoms with Gasteiger partial charge >= 0.3 is 0 Å². The van der Waals surface area contributed by atoms with Gasteiger partial charge < -0.3 is 10.6 Å². The van der Waals surface area contributed by atoms with E-state index in [0.717, 1.165) is 25.7 Å². The molecule has 2 fully saturated rings. The van der Waals surface area contributed by atoms with Crippen LogP contribution in [0.15, 0.2) is 0 Å². The molecule has 1 heterocycles. The van der Waals surface area contributed by atoms with E-state index in [2.05, 4.69) is 0 Å². The highest BCUT2D eigenvalue weighted by Crippen LogP contribution is 2.25. The maximum atomic E-state index is 12.7. The maximum Gasteiger partial charge on any atom is 0.282 e. The van der Waals surface area contributed by atoms with Crippen molar-refractivity contribution < 1.29 is 13.2 Å². The van der Waals surface area contributed by atoms with Crippen LogP contribution in [0.2, 0.25) is 0 Å². The van der Waals surface area contributed by atoms with Crippen LogP contribution >= 0.6 is 12.4 Å². The fourth-order valence-corrected chi connectivity index (χ4v) is 4.82. The summed E-state index contributed by atoms with van der Waals surface area (Å²) in [5.41, 5.74) is 5.60. The number of rotatable bonds is 4. The number of carbonyl (C=O) groups is 1. The average molecular weight is 369 g/mol. The van der Waals surface area contributed by atoms with Crippen molar-refractivity contribution in [2.45, 2.75) is 51.1 Å². The summed E-state index contributed by atoms with van der Waals surface area (Å²) in [6.45, 7) is 3.17. The number of carbonyl (C=O) groups excluding carboxylic acids is 1. The Bertz CT molecular complexity index is 486. The first-order valence-electron chi connectivity index (χ1n) is 8.11. The van der Waals surface area contributed by atoms with Crippen molar-refractivity contribution >= 4 is 28.5 Å². The van der Waals surface area contributed by atoms with Gasteiger partial charge in [0.15, 0.2) is 0 Å². The lowest BCUT2D eigenvalue weighted by atomic mass is 9.96. The minimum absolute atomic E-state index is 0. The zero-order valence-corrected chi connectivity index (χ0v) is 15.6. The highest BCUT2D eigenvalue weighted by Gasteiger charge is 2.35. The molecule has 7 nitrogen and oxygen atoms in total. The quantitative estimate of drug-likeness (QED) is 0.778. The molecule has 9 heteroatoms. The smallest absolute Gasteiger partial charge is 0.282 e. The zero-order valence-electron chi connectivity index (χ0n) is 14.0. The van der Waals surface area contributed by atoms with Crippen molar-refractivity contribution in [3.05, 3.63) is 0 Å². The first kappa shape index (κ1) is 20.6. The van der Waals surface area contributed by atoms with Crippen LogP contribution in [0.1, 0.15) is 39.0 Å². The summed E-state index contributed by atoms with van der Waals surface area (Å²) in [7, 11) is -1.75. The van der Waals surface area contributed by atoms with Crippen LogP contribution in [-0.2, 0) is 15.0 Å². The van der Waals surface area contributed by atoms with E-state index in [1.165, 1.54) is 15.0 Å². The Labute approximate surface area is 145 Å². The average Bonchev–Trinajstić information content (AvgIpc) is 2.54. The largest absolute Gasteiger partial charge is 0.339 e. The van der Waals surface area contributed by atoms with Crippen molar-refractivity contribution in [3.8, 4) is 0 Å². The monoisotopic (exact) mass is 368 g/mol. The minimum Gasteiger partial charge on any atom is -0.339 e. The van der Waals surface area contributed by atoms with E-state index in [0.29, 0.717) is 26.2 Å². The van der Waals surface area contributed by atoms with Gasteiger partial charge in [-0.05, 0) is 19.8 Å². The van der Waals surface area contributed by atoms with Crippen LogP contribution in [0, 0.1) is 0 Å². The second-order valence-corrected chi connectivity index (χ2v) is 8.32. The van der Waals surface area contributed by atoms with Crippen molar-refractivity contribution in [3.63, 3.8) is 0 Å². The van der Waals surface area contributed by atoms with E-state index in [9.17, 15) is 13.2 Å². The molecule has 0 aromatic heterocycles. The molecule has 0 radical (unpaired) electrons. The number of hydrogen-bond acceptors (Lipinski definition) is 4. The summed E-state index contributed by atoms with van der Waals surface area (Å²) in [6, 6.07) is -0.421. The van der Waals surface area contributed by atoms with Gasteiger partial charge in [-0.2, -0.15) is 17.0 Å². The zero-order chi connectivity index (χ0) is 16.3. The Morgan fingerprint density at radius 1 is 1.13 bits per heavy atom. The van der Waals surface area contributed by atoms with Gasteiger partial charge in [-0.15, -0.1) is 12.4 Å². The summed E-state index contributed by atoms with van der Waals surface area (Å²) < 4.78 is 28.5. The normalized spacial score (nSPS) is 22.7. The SMILES string of the molecule is C[C@@H](N)C(=O)N1CCN(S(=O)(=O)N(C)C2CCCCC2)CC1.Cl. The third kappa shape index (κ3) is 4.79. The number of nitrogens with two attached hydrogens (primary N) is 1. The lowest BCUT2D eigenvalue weighted by Gasteiger charge is -2.39. The van der Waals surface area contributed by atoms with Gasteiger partial charge in [0.2, 0.25) is 5.91 Å². The molecular weight excluding hydrogens is 340 g/mol. The van der Waals surface area contributed by atoms with Crippen molar-refractivity contribution in [2.75, 3.05) is 33.2 Å². The lowest BCUT2D eigenvalue weighted by Crippen LogP contribution is -2.56. The molecule has 136 valence electrons. The first-order chi connectivity index (χ1) is 10.3. The fraction of sp³-hybridized carbons (Fsp3) is 0.929. The third-order valence-corrected chi connectivity index (χ3v) is 6.76. The molecule has 23 heavy (non-hydrogen) atoms. The Balaban J connectivity index is 0.00000264. The summed E-state index contributed by atoms with van der Waals surface area (Å²) in [4.78, 5) is 13.5. The van der Waals surface area contributed by atoms with Gasteiger partial charge in [0, 0.05) is 39.3 Å². The van der Waals surface area contributed by atoms with Crippen molar-refractivity contribution in [2.24, 2.45) is 5.73 Å². The summed E-state index contributed by atoms with van der Waals surface area (Å²) in [5, 5.41) is 0. The lowest BCUT2D eigenvalue weighted by molar-refractivity contribution is -0.133. The summed E-state index contributed by atoms with van der Waals surface area (Å²) in [6.07, 6.45) is 5.28. The molecule has 1 saturated heterocycles. The Hall–Kier alpha value is -0.410. The number of halogens is 1. The summed E-state index contributed by atoms with van der Waals surface area (Å²) >= 11 is 0. The molecule has 0 aromatic carbocycles. The van der Waals surface area contributed by atoms with Crippen LogP contribution in [0.5, 0.6) is 0 Å². The molecule has 2 aliphatic rings. The third-order valence-electron chi connectivity index (χ3n) is 4.72.